The van der Waals surface area contributed by atoms with Crippen LogP contribution in [0.25, 0.3) is 22.9 Å². The SMILES string of the molecule is N#C/C(=C/c1ccc(O)c([N+](=O)[O-])c1)c1nc(-c2ccc(Cl)cc2Cl)cs1. The van der Waals surface area contributed by atoms with Crippen LogP contribution in [-0.2, 0) is 0 Å². The average molecular weight is 418 g/mol. The highest BCUT2D eigenvalue weighted by molar-refractivity contribution is 7.11. The Labute approximate surface area is 167 Å². The third kappa shape index (κ3) is 4.09. The molecule has 1 heterocycles. The standard InChI is InChI=1S/C18H9Cl2N3O3S/c19-12-2-3-13(14(20)7-12)15-9-27-18(22-15)11(8-21)5-10-1-4-17(24)16(6-10)23(25)26/h1-7,9,24H/b11-5-. The summed E-state index contributed by atoms with van der Waals surface area (Å²) in [5.41, 5.74) is 1.47. The molecule has 134 valence electrons. The normalized spacial score (nSPS) is 11.2. The molecule has 0 aliphatic carbocycles. The van der Waals surface area contributed by atoms with E-state index in [2.05, 4.69) is 4.98 Å². The van der Waals surface area contributed by atoms with Gasteiger partial charge in [-0.15, -0.1) is 11.3 Å². The fraction of sp³-hybridized carbons (Fsp3) is 0. The van der Waals surface area contributed by atoms with Gasteiger partial charge in [-0.05, 0) is 35.9 Å². The highest BCUT2D eigenvalue weighted by Crippen LogP contribution is 2.33. The Kier molecular flexibility index (Phi) is 5.42. The van der Waals surface area contributed by atoms with E-state index in [0.29, 0.717) is 31.9 Å². The Balaban J connectivity index is 1.99. The van der Waals surface area contributed by atoms with Crippen molar-refractivity contribution < 1.29 is 10.0 Å². The molecular formula is C18H9Cl2N3O3S. The first-order valence-electron chi connectivity index (χ1n) is 7.39. The van der Waals surface area contributed by atoms with Gasteiger partial charge in [-0.3, -0.25) is 10.1 Å². The van der Waals surface area contributed by atoms with Crippen LogP contribution in [0.1, 0.15) is 10.6 Å². The van der Waals surface area contributed by atoms with E-state index >= 15 is 0 Å². The molecule has 0 radical (unpaired) electrons. The molecule has 27 heavy (non-hydrogen) atoms. The zero-order chi connectivity index (χ0) is 19.6. The molecular weight excluding hydrogens is 409 g/mol. The Morgan fingerprint density at radius 1 is 1.30 bits per heavy atom. The zero-order valence-corrected chi connectivity index (χ0v) is 15.7. The number of hydrogen-bond donors (Lipinski definition) is 1. The fourth-order valence-electron chi connectivity index (χ4n) is 2.30. The number of nitrogens with zero attached hydrogens (tertiary/aromatic N) is 3. The minimum atomic E-state index is -0.692. The third-order valence-corrected chi connectivity index (χ3v) is 4.99. The predicted molar refractivity (Wildman–Crippen MR) is 106 cm³/mol. The lowest BCUT2D eigenvalue weighted by Crippen LogP contribution is -1.89. The summed E-state index contributed by atoms with van der Waals surface area (Å²) >= 11 is 13.3. The van der Waals surface area contributed by atoms with Crippen LogP contribution in [0.5, 0.6) is 5.75 Å². The first-order valence-corrected chi connectivity index (χ1v) is 9.03. The third-order valence-electron chi connectivity index (χ3n) is 3.57. The second-order valence-electron chi connectivity index (χ2n) is 5.34. The summed E-state index contributed by atoms with van der Waals surface area (Å²) in [6, 6.07) is 11.0. The van der Waals surface area contributed by atoms with Gasteiger partial charge in [0.2, 0.25) is 0 Å². The number of aromatic hydroxyl groups is 1. The van der Waals surface area contributed by atoms with Crippen LogP contribution in [0, 0.1) is 21.4 Å². The summed E-state index contributed by atoms with van der Waals surface area (Å²) in [5.74, 6) is -0.440. The molecule has 3 rings (SSSR count). The molecule has 0 amide bonds. The van der Waals surface area contributed by atoms with Gasteiger partial charge in [0, 0.05) is 22.0 Å². The molecule has 0 atom stereocenters. The van der Waals surface area contributed by atoms with E-state index in [1.165, 1.54) is 35.6 Å². The van der Waals surface area contributed by atoms with Crippen molar-refractivity contribution >= 4 is 51.9 Å². The fourth-order valence-corrected chi connectivity index (χ4v) is 3.59. The van der Waals surface area contributed by atoms with Crippen molar-refractivity contribution in [1.29, 1.82) is 5.26 Å². The number of aromatic nitrogens is 1. The van der Waals surface area contributed by atoms with Crippen molar-refractivity contribution in [3.63, 3.8) is 0 Å². The molecule has 1 N–H and O–H groups in total. The lowest BCUT2D eigenvalue weighted by molar-refractivity contribution is -0.385. The van der Waals surface area contributed by atoms with Gasteiger partial charge in [-0.25, -0.2) is 4.98 Å². The number of hydrogen-bond acceptors (Lipinski definition) is 6. The molecule has 1 aromatic heterocycles. The maximum Gasteiger partial charge on any atom is 0.311 e. The smallest absolute Gasteiger partial charge is 0.311 e. The van der Waals surface area contributed by atoms with Crippen LogP contribution in [-0.4, -0.2) is 15.0 Å². The molecule has 0 unspecified atom stereocenters. The second-order valence-corrected chi connectivity index (χ2v) is 7.04. The Morgan fingerprint density at radius 3 is 2.74 bits per heavy atom. The van der Waals surface area contributed by atoms with Crippen molar-refractivity contribution in [1.82, 2.24) is 4.98 Å². The molecule has 0 saturated heterocycles. The molecule has 2 aromatic carbocycles. The molecule has 0 aliphatic heterocycles. The van der Waals surface area contributed by atoms with Gasteiger partial charge in [0.05, 0.1) is 21.2 Å². The predicted octanol–water partition coefficient (Wildman–Crippen LogP) is 5.79. The largest absolute Gasteiger partial charge is 0.502 e. The molecule has 0 saturated carbocycles. The van der Waals surface area contributed by atoms with E-state index in [1.807, 2.05) is 6.07 Å². The van der Waals surface area contributed by atoms with Crippen LogP contribution in [0.4, 0.5) is 5.69 Å². The van der Waals surface area contributed by atoms with Crippen LogP contribution in [0.2, 0.25) is 10.0 Å². The first kappa shape index (κ1) is 18.9. The van der Waals surface area contributed by atoms with Crippen molar-refractivity contribution in [3.05, 3.63) is 72.5 Å². The van der Waals surface area contributed by atoms with Gasteiger partial charge in [-0.2, -0.15) is 5.26 Å². The van der Waals surface area contributed by atoms with Crippen LogP contribution in [0.15, 0.2) is 41.8 Å². The minimum absolute atomic E-state index is 0.233. The Hall–Kier alpha value is -2.92. The number of nitro benzene ring substituents is 1. The van der Waals surface area contributed by atoms with Gasteiger partial charge in [-0.1, -0.05) is 29.3 Å². The molecule has 3 aromatic rings. The number of rotatable bonds is 4. The number of nitriles is 1. The van der Waals surface area contributed by atoms with Gasteiger partial charge >= 0.3 is 5.69 Å². The highest BCUT2D eigenvalue weighted by Gasteiger charge is 2.15. The van der Waals surface area contributed by atoms with Crippen LogP contribution in [0.3, 0.4) is 0 Å². The summed E-state index contributed by atoms with van der Waals surface area (Å²) in [7, 11) is 0. The minimum Gasteiger partial charge on any atom is -0.502 e. The number of thiazole rings is 1. The molecule has 0 bridgehead atoms. The molecule has 9 heteroatoms. The number of nitro groups is 1. The van der Waals surface area contributed by atoms with Crippen molar-refractivity contribution in [2.24, 2.45) is 0 Å². The maximum absolute atomic E-state index is 10.9. The van der Waals surface area contributed by atoms with E-state index in [1.54, 1.807) is 23.6 Å². The van der Waals surface area contributed by atoms with Crippen molar-refractivity contribution in [3.8, 4) is 23.1 Å². The van der Waals surface area contributed by atoms with Crippen LogP contribution < -0.4 is 0 Å². The molecule has 0 aliphatic rings. The first-order chi connectivity index (χ1) is 12.9. The zero-order valence-electron chi connectivity index (χ0n) is 13.4. The number of benzene rings is 2. The van der Waals surface area contributed by atoms with E-state index in [0.717, 1.165) is 0 Å². The van der Waals surface area contributed by atoms with Gasteiger partial charge in [0.15, 0.2) is 5.75 Å². The molecule has 6 nitrogen and oxygen atoms in total. The summed E-state index contributed by atoms with van der Waals surface area (Å²) in [6.07, 6.45) is 1.47. The maximum atomic E-state index is 10.9. The quantitative estimate of drug-likeness (QED) is 0.328. The van der Waals surface area contributed by atoms with E-state index < -0.39 is 16.4 Å². The van der Waals surface area contributed by atoms with E-state index in [9.17, 15) is 20.5 Å². The lowest BCUT2D eigenvalue weighted by atomic mass is 10.1. The topological polar surface area (TPSA) is 100 Å². The average Bonchev–Trinajstić information content (AvgIpc) is 3.10. The number of allylic oxidation sites excluding steroid dienone is 1. The number of halogens is 2. The molecule has 0 fully saturated rings. The summed E-state index contributed by atoms with van der Waals surface area (Å²) in [4.78, 5) is 14.7. The molecule has 0 spiro atoms. The Morgan fingerprint density at radius 2 is 2.07 bits per heavy atom. The lowest BCUT2D eigenvalue weighted by Gasteiger charge is -2.01. The summed E-state index contributed by atoms with van der Waals surface area (Å²) in [5, 5.41) is 33.1. The van der Waals surface area contributed by atoms with Gasteiger partial charge in [0.25, 0.3) is 0 Å². The summed E-state index contributed by atoms with van der Waals surface area (Å²) in [6.45, 7) is 0. The van der Waals surface area contributed by atoms with Crippen LogP contribution >= 0.6 is 34.5 Å². The van der Waals surface area contributed by atoms with Crippen molar-refractivity contribution in [2.45, 2.75) is 0 Å². The summed E-state index contributed by atoms with van der Waals surface area (Å²) < 4.78 is 0. The van der Waals surface area contributed by atoms with E-state index in [-0.39, 0.29) is 5.57 Å². The monoisotopic (exact) mass is 417 g/mol. The van der Waals surface area contributed by atoms with E-state index in [4.69, 9.17) is 23.2 Å². The Bertz CT molecular complexity index is 1120. The highest BCUT2D eigenvalue weighted by atomic mass is 35.5. The van der Waals surface area contributed by atoms with Gasteiger partial charge in [0.1, 0.15) is 11.1 Å². The van der Waals surface area contributed by atoms with Crippen molar-refractivity contribution in [2.75, 3.05) is 0 Å². The number of phenols is 1. The number of phenolic OH excluding ortho intramolecular Hbond substituents is 1. The second kappa shape index (κ2) is 7.76. The van der Waals surface area contributed by atoms with Gasteiger partial charge < -0.3 is 5.11 Å².